The van der Waals surface area contributed by atoms with Crippen LogP contribution in [0.2, 0.25) is 0 Å². The average Bonchev–Trinajstić information content (AvgIpc) is 2.53. The van der Waals surface area contributed by atoms with E-state index in [9.17, 15) is 4.79 Å². The quantitative estimate of drug-likeness (QED) is 0.890. The van der Waals surface area contributed by atoms with Gasteiger partial charge in [-0.1, -0.05) is 61.0 Å². The van der Waals surface area contributed by atoms with Gasteiger partial charge in [0.15, 0.2) is 0 Å². The van der Waals surface area contributed by atoms with Crippen LogP contribution in [0.25, 0.3) is 11.1 Å². The van der Waals surface area contributed by atoms with Crippen LogP contribution in [0.4, 0.5) is 0 Å². The number of rotatable bonds is 2. The Morgan fingerprint density at radius 1 is 1.04 bits per heavy atom. The molecule has 3 rings (SSSR count). The summed E-state index contributed by atoms with van der Waals surface area (Å²) in [6, 6.07) is 16.8. The third-order valence-corrected chi connectivity index (χ3v) is 4.79. The van der Waals surface area contributed by atoms with Crippen molar-refractivity contribution < 1.29 is 4.79 Å². The van der Waals surface area contributed by atoms with Crippen molar-refractivity contribution in [3.63, 3.8) is 0 Å². The van der Waals surface area contributed by atoms with Gasteiger partial charge in [-0.05, 0) is 23.6 Å². The summed E-state index contributed by atoms with van der Waals surface area (Å²) < 4.78 is 0. The van der Waals surface area contributed by atoms with Crippen molar-refractivity contribution in [1.29, 1.82) is 5.41 Å². The number of carbonyl (C=O) groups excluding carboxylic acids is 1. The highest BCUT2D eigenvalue weighted by molar-refractivity contribution is 6.00. The molecule has 118 valence electrons. The van der Waals surface area contributed by atoms with E-state index in [0.717, 1.165) is 11.1 Å². The second kappa shape index (κ2) is 5.65. The fraction of sp³-hybridized carbons (Fsp3) is 0.300. The first-order valence-corrected chi connectivity index (χ1v) is 7.91. The molecule has 1 aliphatic rings. The van der Waals surface area contributed by atoms with Crippen molar-refractivity contribution in [3.8, 4) is 11.1 Å². The number of likely N-dealkylation sites (tertiary alicyclic amines) is 1. The molecule has 0 bridgehead atoms. The topological polar surface area (TPSA) is 44.2 Å². The molecular formula is C20H22N2O. The van der Waals surface area contributed by atoms with Crippen molar-refractivity contribution in [2.45, 2.75) is 32.1 Å². The molecule has 1 amide bonds. The molecule has 1 aliphatic heterocycles. The van der Waals surface area contributed by atoms with E-state index in [1.165, 1.54) is 16.0 Å². The van der Waals surface area contributed by atoms with Crippen LogP contribution in [0.1, 0.15) is 30.9 Å². The van der Waals surface area contributed by atoms with Crippen molar-refractivity contribution in [2.75, 3.05) is 7.05 Å². The van der Waals surface area contributed by atoms with E-state index in [4.69, 9.17) is 5.41 Å². The third kappa shape index (κ3) is 2.91. The van der Waals surface area contributed by atoms with Gasteiger partial charge in [0.1, 0.15) is 5.84 Å². The SMILES string of the molecule is Cc1cccc(-c2cccc([C@@]3(C)CC(=N)N(C)C(=O)C3)c2)c1. The molecule has 0 aliphatic carbocycles. The fourth-order valence-electron chi connectivity index (χ4n) is 3.26. The summed E-state index contributed by atoms with van der Waals surface area (Å²) in [5, 5.41) is 8.08. The van der Waals surface area contributed by atoms with Crippen LogP contribution in [-0.4, -0.2) is 23.7 Å². The van der Waals surface area contributed by atoms with Gasteiger partial charge in [0.2, 0.25) is 5.91 Å². The smallest absolute Gasteiger partial charge is 0.228 e. The zero-order valence-corrected chi connectivity index (χ0v) is 13.9. The van der Waals surface area contributed by atoms with Gasteiger partial charge in [-0.25, -0.2) is 0 Å². The van der Waals surface area contributed by atoms with Gasteiger partial charge >= 0.3 is 0 Å². The highest BCUT2D eigenvalue weighted by Crippen LogP contribution is 2.37. The Balaban J connectivity index is 1.99. The number of nitrogens with one attached hydrogen (secondary N) is 1. The second-order valence-electron chi connectivity index (χ2n) is 6.76. The number of amidine groups is 1. The molecule has 0 saturated carbocycles. The fourth-order valence-corrected chi connectivity index (χ4v) is 3.26. The minimum absolute atomic E-state index is 0.0182. The lowest BCUT2D eigenvalue weighted by molar-refractivity contribution is -0.128. The number of carbonyl (C=O) groups is 1. The van der Waals surface area contributed by atoms with E-state index in [0.29, 0.717) is 18.7 Å². The maximum absolute atomic E-state index is 12.2. The number of nitrogens with zero attached hydrogens (tertiary/aromatic N) is 1. The molecule has 0 aromatic heterocycles. The lowest BCUT2D eigenvalue weighted by atomic mass is 9.73. The molecule has 1 N–H and O–H groups in total. The maximum atomic E-state index is 12.2. The summed E-state index contributed by atoms with van der Waals surface area (Å²) in [7, 11) is 1.69. The van der Waals surface area contributed by atoms with Gasteiger partial charge in [0, 0.05) is 25.3 Å². The molecule has 1 atom stereocenters. The minimum atomic E-state index is -0.305. The predicted octanol–water partition coefficient (Wildman–Crippen LogP) is 4.15. The summed E-state index contributed by atoms with van der Waals surface area (Å²) in [6.07, 6.45) is 1.04. The Hall–Kier alpha value is -2.42. The molecule has 23 heavy (non-hydrogen) atoms. The van der Waals surface area contributed by atoms with Gasteiger partial charge in [-0.2, -0.15) is 0 Å². The average molecular weight is 306 g/mol. The summed E-state index contributed by atoms with van der Waals surface area (Å²) in [4.78, 5) is 13.6. The summed E-state index contributed by atoms with van der Waals surface area (Å²) >= 11 is 0. The first-order valence-electron chi connectivity index (χ1n) is 7.91. The van der Waals surface area contributed by atoms with Gasteiger partial charge in [0.05, 0.1) is 0 Å². The van der Waals surface area contributed by atoms with Crippen LogP contribution in [0, 0.1) is 12.3 Å². The maximum Gasteiger partial charge on any atom is 0.228 e. The largest absolute Gasteiger partial charge is 0.304 e. The molecule has 2 aromatic carbocycles. The number of piperidine rings is 1. The van der Waals surface area contributed by atoms with Crippen LogP contribution < -0.4 is 0 Å². The molecule has 1 heterocycles. The highest BCUT2D eigenvalue weighted by atomic mass is 16.2. The standard InChI is InChI=1S/C20H22N2O/c1-14-6-4-7-15(10-14)16-8-5-9-17(11-16)20(2)12-18(21)22(3)19(23)13-20/h4-11,21H,12-13H2,1-3H3/t20-/m0/s1. The van der Waals surface area contributed by atoms with E-state index in [-0.39, 0.29) is 11.3 Å². The Labute approximate surface area is 137 Å². The Morgan fingerprint density at radius 2 is 1.70 bits per heavy atom. The molecule has 0 radical (unpaired) electrons. The first-order chi connectivity index (χ1) is 10.9. The van der Waals surface area contributed by atoms with Crippen LogP contribution in [-0.2, 0) is 10.2 Å². The minimum Gasteiger partial charge on any atom is -0.304 e. The zero-order valence-electron chi connectivity index (χ0n) is 13.9. The molecule has 3 heteroatoms. The monoisotopic (exact) mass is 306 g/mol. The van der Waals surface area contributed by atoms with Gasteiger partial charge in [0.25, 0.3) is 0 Å². The van der Waals surface area contributed by atoms with Crippen molar-refractivity contribution in [2.24, 2.45) is 0 Å². The summed E-state index contributed by atoms with van der Waals surface area (Å²) in [5.74, 6) is 0.411. The third-order valence-electron chi connectivity index (χ3n) is 4.79. The molecule has 3 nitrogen and oxygen atoms in total. The van der Waals surface area contributed by atoms with Gasteiger partial charge in [-0.3, -0.25) is 10.2 Å². The van der Waals surface area contributed by atoms with E-state index < -0.39 is 0 Å². The number of hydrogen-bond donors (Lipinski definition) is 1. The molecule has 1 fully saturated rings. The molecule has 1 saturated heterocycles. The van der Waals surface area contributed by atoms with E-state index in [1.807, 2.05) is 6.07 Å². The normalized spacial score (nSPS) is 21.6. The Bertz CT molecular complexity index is 761. The highest BCUT2D eigenvalue weighted by Gasteiger charge is 2.38. The van der Waals surface area contributed by atoms with Gasteiger partial charge < -0.3 is 4.90 Å². The second-order valence-corrected chi connectivity index (χ2v) is 6.76. The lowest BCUT2D eigenvalue weighted by Gasteiger charge is -2.38. The Morgan fingerprint density at radius 3 is 2.35 bits per heavy atom. The lowest BCUT2D eigenvalue weighted by Crippen LogP contribution is -2.46. The van der Waals surface area contributed by atoms with E-state index >= 15 is 0 Å². The molecule has 0 unspecified atom stereocenters. The number of aryl methyl sites for hydroxylation is 1. The van der Waals surface area contributed by atoms with Gasteiger partial charge in [-0.15, -0.1) is 0 Å². The number of benzene rings is 2. The molecule has 2 aromatic rings. The summed E-state index contributed by atoms with van der Waals surface area (Å²) in [5.41, 5.74) is 4.40. The van der Waals surface area contributed by atoms with Crippen molar-refractivity contribution in [1.82, 2.24) is 4.90 Å². The zero-order chi connectivity index (χ0) is 16.6. The molecular weight excluding hydrogens is 284 g/mol. The van der Waals surface area contributed by atoms with Crippen LogP contribution in [0.3, 0.4) is 0 Å². The first kappa shape index (κ1) is 15.5. The number of amides is 1. The summed E-state index contributed by atoms with van der Waals surface area (Å²) in [6.45, 7) is 4.17. The van der Waals surface area contributed by atoms with Crippen molar-refractivity contribution in [3.05, 3.63) is 59.7 Å². The van der Waals surface area contributed by atoms with E-state index in [1.54, 1.807) is 7.05 Å². The van der Waals surface area contributed by atoms with Crippen LogP contribution in [0.15, 0.2) is 48.5 Å². The van der Waals surface area contributed by atoms with E-state index in [2.05, 4.69) is 56.3 Å². The van der Waals surface area contributed by atoms with Crippen LogP contribution >= 0.6 is 0 Å². The number of hydrogen-bond acceptors (Lipinski definition) is 2. The molecule has 0 spiro atoms. The predicted molar refractivity (Wildman–Crippen MR) is 93.7 cm³/mol. The Kier molecular flexibility index (Phi) is 3.80. The van der Waals surface area contributed by atoms with Crippen LogP contribution in [0.5, 0.6) is 0 Å². The van der Waals surface area contributed by atoms with Crippen molar-refractivity contribution >= 4 is 11.7 Å².